The van der Waals surface area contributed by atoms with Gasteiger partial charge in [0.25, 0.3) is 5.91 Å². The molecular weight excluding hydrogens is 599 g/mol. The maximum atomic E-state index is 15.0. The number of nitrogens with zero attached hydrogens (tertiary/aromatic N) is 3. The van der Waals surface area contributed by atoms with E-state index in [1.54, 1.807) is 15.9 Å². The van der Waals surface area contributed by atoms with Crippen molar-refractivity contribution in [3.8, 4) is 0 Å². The number of nitrogens with one attached hydrogen (secondary N) is 3. The highest BCUT2D eigenvalue weighted by Crippen LogP contribution is 2.31. The van der Waals surface area contributed by atoms with Gasteiger partial charge in [0.1, 0.15) is 0 Å². The fourth-order valence-electron chi connectivity index (χ4n) is 4.88. The predicted molar refractivity (Wildman–Crippen MR) is 151 cm³/mol. The van der Waals surface area contributed by atoms with Gasteiger partial charge in [-0.05, 0) is 24.3 Å². The van der Waals surface area contributed by atoms with Gasteiger partial charge in [-0.1, -0.05) is 17.7 Å². The number of alkyl halides is 3. The van der Waals surface area contributed by atoms with Crippen LogP contribution in [0.25, 0.3) is 0 Å². The highest BCUT2D eigenvalue weighted by molar-refractivity contribution is 6.31. The number of piperazine rings is 1. The standard InChI is InChI=1S/C28H32ClF5N6O3/c29-19-2-4-21(22(15-19)40-13-11-38(12-14-40)9-6-28(32,33)34)37-27(43)20-3-1-18(25(30)26(20)31)16-36-24(42)17-39-8-5-23(41)35-7-10-39/h1-4,15H,5-14,16-17H2,(H,35,41)(H,36,42)(H,37,43). The first-order valence-electron chi connectivity index (χ1n) is 13.8. The number of carbonyl (C=O) groups excluding carboxylic acids is 3. The van der Waals surface area contributed by atoms with Crippen LogP contribution in [0.5, 0.6) is 0 Å². The largest absolute Gasteiger partial charge is 0.390 e. The van der Waals surface area contributed by atoms with Crippen molar-refractivity contribution in [1.82, 2.24) is 20.4 Å². The van der Waals surface area contributed by atoms with Gasteiger partial charge in [-0.15, -0.1) is 0 Å². The molecule has 0 saturated carbocycles. The van der Waals surface area contributed by atoms with E-state index in [4.69, 9.17) is 11.6 Å². The quantitative estimate of drug-likeness (QED) is 0.368. The van der Waals surface area contributed by atoms with E-state index in [0.29, 0.717) is 56.5 Å². The summed E-state index contributed by atoms with van der Waals surface area (Å²) >= 11 is 6.17. The van der Waals surface area contributed by atoms with E-state index in [-0.39, 0.29) is 43.2 Å². The second-order valence-electron chi connectivity index (χ2n) is 10.4. The van der Waals surface area contributed by atoms with Gasteiger partial charge in [0.15, 0.2) is 11.6 Å². The first-order valence-corrected chi connectivity index (χ1v) is 14.1. The lowest BCUT2D eigenvalue weighted by Gasteiger charge is -2.37. The van der Waals surface area contributed by atoms with Crippen molar-refractivity contribution in [2.24, 2.45) is 0 Å². The summed E-state index contributed by atoms with van der Waals surface area (Å²) in [6, 6.07) is 6.95. The molecule has 2 aromatic carbocycles. The molecule has 234 valence electrons. The minimum atomic E-state index is -4.24. The monoisotopic (exact) mass is 630 g/mol. The lowest BCUT2D eigenvalue weighted by molar-refractivity contribution is -0.138. The number of benzene rings is 2. The van der Waals surface area contributed by atoms with Gasteiger partial charge in [-0.3, -0.25) is 24.2 Å². The Morgan fingerprint density at radius 3 is 2.42 bits per heavy atom. The van der Waals surface area contributed by atoms with E-state index in [1.165, 1.54) is 18.2 Å². The van der Waals surface area contributed by atoms with Gasteiger partial charge in [-0.25, -0.2) is 8.78 Å². The second kappa shape index (κ2) is 14.3. The Bertz CT molecular complexity index is 1340. The van der Waals surface area contributed by atoms with Gasteiger partial charge in [-0.2, -0.15) is 13.2 Å². The van der Waals surface area contributed by atoms with Crippen LogP contribution in [0, 0.1) is 11.6 Å². The molecule has 9 nitrogen and oxygen atoms in total. The molecule has 15 heteroatoms. The third-order valence-corrected chi connectivity index (χ3v) is 7.52. The molecule has 0 aromatic heterocycles. The van der Waals surface area contributed by atoms with E-state index >= 15 is 4.39 Å². The van der Waals surface area contributed by atoms with Crippen molar-refractivity contribution in [2.75, 3.05) is 69.1 Å². The summed E-state index contributed by atoms with van der Waals surface area (Å²) in [7, 11) is 0. The molecule has 3 N–H and O–H groups in total. The van der Waals surface area contributed by atoms with Crippen LogP contribution in [0.1, 0.15) is 28.8 Å². The second-order valence-corrected chi connectivity index (χ2v) is 10.8. The van der Waals surface area contributed by atoms with Crippen molar-refractivity contribution in [2.45, 2.75) is 25.6 Å². The first kappa shape index (κ1) is 32.4. The molecule has 0 aliphatic carbocycles. The maximum absolute atomic E-state index is 15.0. The van der Waals surface area contributed by atoms with Gasteiger partial charge >= 0.3 is 6.18 Å². The molecule has 2 heterocycles. The molecular formula is C28H32ClF5N6O3. The van der Waals surface area contributed by atoms with Gasteiger partial charge in [0, 0.05) is 75.9 Å². The van der Waals surface area contributed by atoms with Crippen molar-refractivity contribution in [3.63, 3.8) is 0 Å². The van der Waals surface area contributed by atoms with Crippen LogP contribution in [0.3, 0.4) is 0 Å². The van der Waals surface area contributed by atoms with Crippen LogP contribution in [-0.2, 0) is 16.1 Å². The summed E-state index contributed by atoms with van der Waals surface area (Å²) in [5.41, 5.74) is 0.0821. The molecule has 2 fully saturated rings. The minimum absolute atomic E-state index is 0.00835. The topological polar surface area (TPSA) is 97.0 Å². The molecule has 43 heavy (non-hydrogen) atoms. The lowest BCUT2D eigenvalue weighted by atomic mass is 10.1. The molecule has 2 aliphatic rings. The zero-order valence-corrected chi connectivity index (χ0v) is 24.0. The Morgan fingerprint density at radius 1 is 0.953 bits per heavy atom. The highest BCUT2D eigenvalue weighted by atomic mass is 35.5. The van der Waals surface area contributed by atoms with Crippen molar-refractivity contribution < 1.29 is 36.3 Å². The first-order chi connectivity index (χ1) is 20.4. The van der Waals surface area contributed by atoms with Crippen molar-refractivity contribution >= 4 is 40.7 Å². The van der Waals surface area contributed by atoms with Crippen LogP contribution < -0.4 is 20.9 Å². The van der Waals surface area contributed by atoms with Gasteiger partial charge in [0.2, 0.25) is 11.8 Å². The number of anilines is 2. The fourth-order valence-corrected chi connectivity index (χ4v) is 5.05. The van der Waals surface area contributed by atoms with E-state index in [1.807, 2.05) is 4.90 Å². The Labute approximate surface area is 250 Å². The number of hydrogen-bond acceptors (Lipinski definition) is 6. The molecule has 0 spiro atoms. The maximum Gasteiger partial charge on any atom is 0.390 e. The summed E-state index contributed by atoms with van der Waals surface area (Å²) in [6.45, 7) is 2.35. The van der Waals surface area contributed by atoms with Crippen LogP contribution >= 0.6 is 11.6 Å². The molecule has 2 aliphatic heterocycles. The lowest BCUT2D eigenvalue weighted by Crippen LogP contribution is -2.47. The number of halogens is 6. The van der Waals surface area contributed by atoms with Crippen LogP contribution in [0.15, 0.2) is 30.3 Å². The van der Waals surface area contributed by atoms with Crippen LogP contribution in [0.4, 0.5) is 33.3 Å². The normalized spacial score (nSPS) is 16.9. The molecule has 0 bridgehead atoms. The average Bonchev–Trinajstić information content (AvgIpc) is 3.17. The van der Waals surface area contributed by atoms with Gasteiger partial charge < -0.3 is 20.9 Å². The molecule has 0 atom stereocenters. The van der Waals surface area contributed by atoms with E-state index in [9.17, 15) is 31.9 Å². The van der Waals surface area contributed by atoms with E-state index < -0.39 is 41.6 Å². The zero-order chi connectivity index (χ0) is 31.1. The summed E-state index contributed by atoms with van der Waals surface area (Å²) in [5.74, 6) is -4.09. The summed E-state index contributed by atoms with van der Waals surface area (Å²) in [6.07, 6.45) is -4.88. The van der Waals surface area contributed by atoms with E-state index in [0.717, 1.165) is 6.07 Å². The Hall–Kier alpha value is -3.49. The predicted octanol–water partition coefficient (Wildman–Crippen LogP) is 3.38. The van der Waals surface area contributed by atoms with Gasteiger partial charge in [0.05, 0.1) is 29.9 Å². The van der Waals surface area contributed by atoms with Crippen LogP contribution in [0.2, 0.25) is 5.02 Å². The third kappa shape index (κ3) is 9.25. The van der Waals surface area contributed by atoms with Crippen molar-refractivity contribution in [3.05, 3.63) is 58.1 Å². The average molecular weight is 631 g/mol. The molecule has 0 radical (unpaired) electrons. The summed E-state index contributed by atoms with van der Waals surface area (Å²) < 4.78 is 67.7. The smallest absolute Gasteiger partial charge is 0.367 e. The Balaban J connectivity index is 1.36. The molecule has 4 rings (SSSR count). The number of rotatable bonds is 9. The number of carbonyl (C=O) groups is 3. The number of hydrogen-bond donors (Lipinski definition) is 3. The van der Waals surface area contributed by atoms with Crippen LogP contribution in [-0.4, -0.2) is 92.6 Å². The summed E-state index contributed by atoms with van der Waals surface area (Å²) in [4.78, 5) is 42.1. The number of amides is 3. The fraction of sp³-hybridized carbons (Fsp3) is 0.464. The van der Waals surface area contributed by atoms with Crippen molar-refractivity contribution in [1.29, 1.82) is 0 Å². The Morgan fingerprint density at radius 2 is 1.70 bits per heavy atom. The Kier molecular flexibility index (Phi) is 10.8. The zero-order valence-electron chi connectivity index (χ0n) is 23.2. The highest BCUT2D eigenvalue weighted by Gasteiger charge is 2.29. The molecule has 2 saturated heterocycles. The molecule has 0 unspecified atom stereocenters. The summed E-state index contributed by atoms with van der Waals surface area (Å²) in [5, 5.41) is 8.18. The van der Waals surface area contributed by atoms with E-state index in [2.05, 4.69) is 16.0 Å². The molecule has 2 aromatic rings. The minimum Gasteiger partial charge on any atom is -0.367 e. The SMILES string of the molecule is O=C1CCN(CC(=O)NCc2ccc(C(=O)Nc3ccc(Cl)cc3N3CCN(CCC(F)(F)F)CC3)c(F)c2F)CCN1. The third-order valence-electron chi connectivity index (χ3n) is 7.29. The molecule has 3 amide bonds.